The summed E-state index contributed by atoms with van der Waals surface area (Å²) in [5, 5.41) is 4.33. The number of furan rings is 1. The largest absolute Gasteiger partial charge is 0.464 e. The molecule has 0 saturated carbocycles. The lowest BCUT2D eigenvalue weighted by atomic mass is 10.1. The molecule has 31 heavy (non-hydrogen) atoms. The number of carbonyl (C=O) groups excluding carboxylic acids is 2. The molecule has 0 fully saturated rings. The zero-order valence-electron chi connectivity index (χ0n) is 17.0. The van der Waals surface area contributed by atoms with Gasteiger partial charge in [0.2, 0.25) is 0 Å². The summed E-state index contributed by atoms with van der Waals surface area (Å²) in [6.45, 7) is 2.42. The second-order valence-corrected chi connectivity index (χ2v) is 8.24. The van der Waals surface area contributed by atoms with Gasteiger partial charge in [-0.2, -0.15) is 0 Å². The standard InChI is InChI=1S/C23H20FN3O3S/c1-14-26-20(21(31-14)15-6-8-16(24)9-7-15)23(29)27(2)12-11-25-22(28)18-4-3-5-19-17(18)10-13-30-19/h3-10,13H,11-12H2,1-2H3,(H,25,28). The molecule has 8 heteroatoms. The summed E-state index contributed by atoms with van der Waals surface area (Å²) in [6, 6.07) is 13.0. The number of hydrogen-bond acceptors (Lipinski definition) is 5. The van der Waals surface area contributed by atoms with Crippen molar-refractivity contribution >= 4 is 34.1 Å². The Balaban J connectivity index is 1.42. The van der Waals surface area contributed by atoms with Crippen molar-refractivity contribution in [1.82, 2.24) is 15.2 Å². The van der Waals surface area contributed by atoms with Gasteiger partial charge in [0.1, 0.15) is 17.1 Å². The molecule has 0 aliphatic rings. The molecule has 2 amide bonds. The predicted molar refractivity (Wildman–Crippen MR) is 118 cm³/mol. The summed E-state index contributed by atoms with van der Waals surface area (Å²) >= 11 is 1.39. The van der Waals surface area contributed by atoms with Crippen molar-refractivity contribution in [1.29, 1.82) is 0 Å². The minimum atomic E-state index is -0.336. The molecular weight excluding hydrogens is 417 g/mol. The van der Waals surface area contributed by atoms with E-state index in [0.717, 1.165) is 16.0 Å². The minimum Gasteiger partial charge on any atom is -0.464 e. The molecule has 158 valence electrons. The number of hydrogen-bond donors (Lipinski definition) is 1. The van der Waals surface area contributed by atoms with Gasteiger partial charge in [-0.25, -0.2) is 9.37 Å². The molecule has 4 aromatic rings. The maximum atomic E-state index is 13.3. The summed E-state index contributed by atoms with van der Waals surface area (Å²) in [5.41, 5.74) is 2.23. The molecule has 6 nitrogen and oxygen atoms in total. The fourth-order valence-electron chi connectivity index (χ4n) is 3.28. The van der Waals surface area contributed by atoms with E-state index in [-0.39, 0.29) is 24.2 Å². The number of halogens is 1. The van der Waals surface area contributed by atoms with E-state index in [0.29, 0.717) is 28.3 Å². The Hall–Kier alpha value is -3.52. The van der Waals surface area contributed by atoms with Gasteiger partial charge in [0, 0.05) is 25.5 Å². The van der Waals surface area contributed by atoms with Crippen molar-refractivity contribution in [3.8, 4) is 10.4 Å². The summed E-state index contributed by atoms with van der Waals surface area (Å²) in [5.74, 6) is -0.823. The lowest BCUT2D eigenvalue weighted by Crippen LogP contribution is -2.36. The topological polar surface area (TPSA) is 75.4 Å². The summed E-state index contributed by atoms with van der Waals surface area (Å²) in [6.07, 6.45) is 1.54. The molecular formula is C23H20FN3O3S. The Kier molecular flexibility index (Phi) is 5.81. The summed E-state index contributed by atoms with van der Waals surface area (Å²) in [4.78, 5) is 32.1. The third-order valence-electron chi connectivity index (χ3n) is 4.86. The molecule has 2 aromatic carbocycles. The van der Waals surface area contributed by atoms with Crippen LogP contribution in [-0.4, -0.2) is 41.8 Å². The van der Waals surface area contributed by atoms with Crippen molar-refractivity contribution in [3.05, 3.63) is 76.9 Å². The van der Waals surface area contributed by atoms with E-state index in [4.69, 9.17) is 4.42 Å². The summed E-state index contributed by atoms with van der Waals surface area (Å²) in [7, 11) is 1.66. The van der Waals surface area contributed by atoms with Crippen molar-refractivity contribution in [2.45, 2.75) is 6.92 Å². The van der Waals surface area contributed by atoms with Crippen LogP contribution in [0.15, 0.2) is 59.2 Å². The highest BCUT2D eigenvalue weighted by Crippen LogP contribution is 2.31. The van der Waals surface area contributed by atoms with Gasteiger partial charge in [-0.15, -0.1) is 11.3 Å². The monoisotopic (exact) mass is 437 g/mol. The highest BCUT2D eigenvalue weighted by atomic mass is 32.1. The second-order valence-electron chi connectivity index (χ2n) is 7.04. The Labute approximate surface area is 182 Å². The van der Waals surface area contributed by atoms with Crippen molar-refractivity contribution in [2.24, 2.45) is 0 Å². The number of aryl methyl sites for hydroxylation is 1. The van der Waals surface area contributed by atoms with Crippen LogP contribution in [0.4, 0.5) is 4.39 Å². The molecule has 0 radical (unpaired) electrons. The fraction of sp³-hybridized carbons (Fsp3) is 0.174. The fourth-order valence-corrected chi connectivity index (χ4v) is 4.19. The normalized spacial score (nSPS) is 10.9. The lowest BCUT2D eigenvalue weighted by molar-refractivity contribution is 0.0783. The first-order valence-corrected chi connectivity index (χ1v) is 10.5. The molecule has 0 saturated heterocycles. The Morgan fingerprint density at radius 1 is 1.16 bits per heavy atom. The summed E-state index contributed by atoms with van der Waals surface area (Å²) < 4.78 is 18.6. The maximum absolute atomic E-state index is 13.3. The van der Waals surface area contributed by atoms with Crippen molar-refractivity contribution < 1.29 is 18.4 Å². The number of aromatic nitrogens is 1. The number of nitrogens with one attached hydrogen (secondary N) is 1. The van der Waals surface area contributed by atoms with Gasteiger partial charge < -0.3 is 14.6 Å². The van der Waals surface area contributed by atoms with Crippen molar-refractivity contribution in [3.63, 3.8) is 0 Å². The molecule has 0 spiro atoms. The predicted octanol–water partition coefficient (Wildman–Crippen LogP) is 4.51. The van der Waals surface area contributed by atoms with Crippen LogP contribution in [0.3, 0.4) is 0 Å². The van der Waals surface area contributed by atoms with E-state index in [9.17, 15) is 14.0 Å². The van der Waals surface area contributed by atoms with Crippen LogP contribution in [0.1, 0.15) is 25.9 Å². The number of amides is 2. The van der Waals surface area contributed by atoms with Gasteiger partial charge in [0.05, 0.1) is 21.7 Å². The van der Waals surface area contributed by atoms with Gasteiger partial charge in [-0.1, -0.05) is 18.2 Å². The molecule has 2 heterocycles. The molecule has 2 aromatic heterocycles. The lowest BCUT2D eigenvalue weighted by Gasteiger charge is -2.17. The zero-order chi connectivity index (χ0) is 22.0. The van der Waals surface area contributed by atoms with Gasteiger partial charge in [0.25, 0.3) is 11.8 Å². The third kappa shape index (κ3) is 4.34. The van der Waals surface area contributed by atoms with E-state index in [1.54, 1.807) is 49.7 Å². The van der Waals surface area contributed by atoms with Crippen LogP contribution in [0, 0.1) is 12.7 Å². The molecule has 0 aliphatic heterocycles. The number of carbonyl (C=O) groups is 2. The van der Waals surface area contributed by atoms with Crippen LogP contribution < -0.4 is 5.32 Å². The Morgan fingerprint density at radius 2 is 1.94 bits per heavy atom. The minimum absolute atomic E-state index is 0.232. The molecule has 0 atom stereocenters. The van der Waals surface area contributed by atoms with Gasteiger partial charge in [-0.05, 0) is 42.8 Å². The van der Waals surface area contributed by atoms with E-state index >= 15 is 0 Å². The Bertz CT molecular complexity index is 1250. The van der Waals surface area contributed by atoms with Crippen LogP contribution in [0.2, 0.25) is 0 Å². The van der Waals surface area contributed by atoms with E-state index in [1.165, 1.54) is 28.4 Å². The highest BCUT2D eigenvalue weighted by molar-refractivity contribution is 7.15. The molecule has 0 bridgehead atoms. The zero-order valence-corrected chi connectivity index (χ0v) is 17.8. The first kappa shape index (κ1) is 20.7. The molecule has 0 aliphatic carbocycles. The maximum Gasteiger partial charge on any atom is 0.273 e. The number of thiazole rings is 1. The molecule has 0 unspecified atom stereocenters. The number of rotatable bonds is 6. The quantitative estimate of drug-likeness (QED) is 0.482. The number of likely N-dealkylation sites (N-methyl/N-ethyl adjacent to an activating group) is 1. The Morgan fingerprint density at radius 3 is 2.71 bits per heavy atom. The van der Waals surface area contributed by atoms with E-state index < -0.39 is 0 Å². The molecule has 1 N–H and O–H groups in total. The first-order valence-electron chi connectivity index (χ1n) is 9.67. The highest BCUT2D eigenvalue weighted by Gasteiger charge is 2.22. The van der Waals surface area contributed by atoms with Crippen LogP contribution >= 0.6 is 11.3 Å². The first-order chi connectivity index (χ1) is 14.9. The number of nitrogens with zero attached hydrogens (tertiary/aromatic N) is 2. The van der Waals surface area contributed by atoms with Gasteiger partial charge in [-0.3, -0.25) is 9.59 Å². The molecule has 4 rings (SSSR count). The van der Waals surface area contributed by atoms with Gasteiger partial charge >= 0.3 is 0 Å². The smallest absolute Gasteiger partial charge is 0.273 e. The van der Waals surface area contributed by atoms with E-state index in [2.05, 4.69) is 10.3 Å². The van der Waals surface area contributed by atoms with Crippen molar-refractivity contribution in [2.75, 3.05) is 20.1 Å². The third-order valence-corrected chi connectivity index (χ3v) is 5.88. The second kappa shape index (κ2) is 8.69. The average molecular weight is 437 g/mol. The van der Waals surface area contributed by atoms with Gasteiger partial charge in [0.15, 0.2) is 0 Å². The van der Waals surface area contributed by atoms with Crippen LogP contribution in [0.5, 0.6) is 0 Å². The average Bonchev–Trinajstić information content (AvgIpc) is 3.40. The van der Waals surface area contributed by atoms with Crippen LogP contribution in [0.25, 0.3) is 21.4 Å². The van der Waals surface area contributed by atoms with E-state index in [1.807, 2.05) is 6.92 Å². The van der Waals surface area contributed by atoms with Crippen LogP contribution in [-0.2, 0) is 0 Å². The SMILES string of the molecule is Cc1nc(C(=O)N(C)CCNC(=O)c2cccc3occc23)c(-c2ccc(F)cc2)s1. The number of fused-ring (bicyclic) bond motifs is 1. The number of benzene rings is 2.